The summed E-state index contributed by atoms with van der Waals surface area (Å²) in [4.78, 5) is 28.5. The molecule has 0 unspecified atom stereocenters. The van der Waals surface area contributed by atoms with Gasteiger partial charge in [-0.05, 0) is 44.0 Å². The maximum atomic E-state index is 12.7. The van der Waals surface area contributed by atoms with Crippen molar-refractivity contribution in [2.75, 3.05) is 25.5 Å². The normalized spacial score (nSPS) is 10.4. The third kappa shape index (κ3) is 4.60. The minimum absolute atomic E-state index is 0.00574. The number of nitrogens with zero attached hydrogens (tertiary/aromatic N) is 1. The van der Waals surface area contributed by atoms with Gasteiger partial charge in [0, 0.05) is 11.4 Å². The third-order valence-electron chi connectivity index (χ3n) is 3.94. The van der Waals surface area contributed by atoms with Crippen molar-refractivity contribution in [2.45, 2.75) is 27.2 Å². The van der Waals surface area contributed by atoms with Crippen molar-refractivity contribution in [1.82, 2.24) is 4.90 Å². The Morgan fingerprint density at radius 1 is 1.24 bits per heavy atom. The van der Waals surface area contributed by atoms with Gasteiger partial charge in [-0.25, -0.2) is 0 Å². The molecule has 1 N–H and O–H groups in total. The minimum atomic E-state index is -0.247. The van der Waals surface area contributed by atoms with Crippen LogP contribution in [0.1, 0.15) is 34.0 Å². The second kappa shape index (κ2) is 8.67. The Balaban J connectivity index is 2.07. The number of ether oxygens (including phenoxy) is 1. The number of carbonyl (C=O) groups excluding carboxylic acids is 2. The first-order valence-electron chi connectivity index (χ1n) is 8.31. The number of thiophene rings is 1. The first kappa shape index (κ1) is 19.0. The second-order valence-electron chi connectivity index (χ2n) is 5.64. The maximum absolute atomic E-state index is 12.7. The van der Waals surface area contributed by atoms with Gasteiger partial charge in [0.2, 0.25) is 5.91 Å². The summed E-state index contributed by atoms with van der Waals surface area (Å²) in [5.74, 6) is 0.237. The number of methoxy groups -OCH3 is 1. The molecule has 25 heavy (non-hydrogen) atoms. The number of nitrogens with one attached hydrogen (secondary N) is 1. The van der Waals surface area contributed by atoms with E-state index in [4.69, 9.17) is 4.74 Å². The van der Waals surface area contributed by atoms with Crippen LogP contribution in [0.2, 0.25) is 0 Å². The maximum Gasteiger partial charge on any atom is 0.264 e. The van der Waals surface area contributed by atoms with Gasteiger partial charge in [0.25, 0.3) is 5.91 Å². The molecule has 0 spiro atoms. The molecule has 1 aromatic carbocycles. The molecule has 2 aromatic rings. The van der Waals surface area contributed by atoms with Crippen LogP contribution in [0.15, 0.2) is 30.3 Å². The van der Waals surface area contributed by atoms with Crippen LogP contribution in [0.25, 0.3) is 0 Å². The highest BCUT2D eigenvalue weighted by atomic mass is 32.1. The van der Waals surface area contributed by atoms with Gasteiger partial charge in [0.05, 0.1) is 17.7 Å². The first-order chi connectivity index (χ1) is 12.0. The van der Waals surface area contributed by atoms with Crippen LogP contribution in [0.5, 0.6) is 5.75 Å². The molecule has 0 fully saturated rings. The fourth-order valence-corrected chi connectivity index (χ4v) is 3.65. The lowest BCUT2D eigenvalue weighted by Crippen LogP contribution is -2.37. The van der Waals surface area contributed by atoms with Gasteiger partial charge in [0.1, 0.15) is 12.3 Å². The van der Waals surface area contributed by atoms with E-state index >= 15 is 0 Å². The molecule has 1 heterocycles. The third-order valence-corrected chi connectivity index (χ3v) is 5.31. The van der Waals surface area contributed by atoms with Crippen LogP contribution in [-0.2, 0) is 11.2 Å². The van der Waals surface area contributed by atoms with E-state index < -0.39 is 0 Å². The van der Waals surface area contributed by atoms with Crippen LogP contribution in [-0.4, -0.2) is 36.9 Å². The summed E-state index contributed by atoms with van der Waals surface area (Å²) in [6.45, 7) is 6.43. The monoisotopic (exact) mass is 360 g/mol. The van der Waals surface area contributed by atoms with Crippen molar-refractivity contribution in [3.05, 3.63) is 45.6 Å². The van der Waals surface area contributed by atoms with Gasteiger partial charge < -0.3 is 15.0 Å². The molecule has 0 radical (unpaired) electrons. The number of rotatable bonds is 7. The number of amides is 2. The highest BCUT2D eigenvalue weighted by Gasteiger charge is 2.20. The second-order valence-corrected chi connectivity index (χ2v) is 6.77. The van der Waals surface area contributed by atoms with Crippen LogP contribution < -0.4 is 10.1 Å². The van der Waals surface area contributed by atoms with Crippen LogP contribution in [0.3, 0.4) is 0 Å². The van der Waals surface area contributed by atoms with E-state index in [-0.39, 0.29) is 18.4 Å². The lowest BCUT2D eigenvalue weighted by molar-refractivity contribution is -0.116. The topological polar surface area (TPSA) is 58.6 Å². The molecule has 0 saturated carbocycles. The van der Waals surface area contributed by atoms with Crippen molar-refractivity contribution in [2.24, 2.45) is 0 Å². The summed E-state index contributed by atoms with van der Waals surface area (Å²) < 4.78 is 5.23. The number of aryl methyl sites for hydroxylation is 2. The molecule has 5 nitrogen and oxygen atoms in total. The van der Waals surface area contributed by atoms with E-state index in [0.717, 1.165) is 12.0 Å². The standard InChI is InChI=1S/C19H24N2O3S/c1-5-16-13(3)11-17(25-16)19(23)21(6-2)12-18(22)20-14-9-7-8-10-15(14)24-4/h7-11H,5-6,12H2,1-4H3,(H,20,22). The summed E-state index contributed by atoms with van der Waals surface area (Å²) in [6, 6.07) is 9.11. The Hall–Kier alpha value is -2.34. The van der Waals surface area contributed by atoms with E-state index in [1.165, 1.54) is 16.2 Å². The lowest BCUT2D eigenvalue weighted by atomic mass is 10.2. The number of hydrogen-bond donors (Lipinski definition) is 1. The molecule has 0 saturated heterocycles. The van der Waals surface area contributed by atoms with E-state index in [1.54, 1.807) is 24.1 Å². The number of hydrogen-bond acceptors (Lipinski definition) is 4. The fraction of sp³-hybridized carbons (Fsp3) is 0.368. The van der Waals surface area contributed by atoms with Gasteiger partial charge in [-0.15, -0.1) is 11.3 Å². The van der Waals surface area contributed by atoms with E-state index in [1.807, 2.05) is 32.0 Å². The highest BCUT2D eigenvalue weighted by Crippen LogP contribution is 2.25. The minimum Gasteiger partial charge on any atom is -0.495 e. The zero-order chi connectivity index (χ0) is 18.4. The average molecular weight is 360 g/mol. The quantitative estimate of drug-likeness (QED) is 0.818. The lowest BCUT2D eigenvalue weighted by Gasteiger charge is -2.20. The number of para-hydroxylation sites is 2. The fourth-order valence-electron chi connectivity index (χ4n) is 2.57. The van der Waals surface area contributed by atoms with Gasteiger partial charge in [-0.1, -0.05) is 19.1 Å². The van der Waals surface area contributed by atoms with E-state index in [9.17, 15) is 9.59 Å². The zero-order valence-corrected chi connectivity index (χ0v) is 15.9. The Morgan fingerprint density at radius 3 is 2.56 bits per heavy atom. The van der Waals surface area contributed by atoms with Crippen molar-refractivity contribution in [3.63, 3.8) is 0 Å². The molecule has 134 valence electrons. The number of anilines is 1. The summed E-state index contributed by atoms with van der Waals surface area (Å²) >= 11 is 1.51. The van der Waals surface area contributed by atoms with Crippen LogP contribution >= 0.6 is 11.3 Å². The summed E-state index contributed by atoms with van der Waals surface area (Å²) in [6.07, 6.45) is 0.907. The molecule has 0 aliphatic heterocycles. The largest absolute Gasteiger partial charge is 0.495 e. The first-order valence-corrected chi connectivity index (χ1v) is 9.13. The molecule has 1 aromatic heterocycles. The Morgan fingerprint density at radius 2 is 1.96 bits per heavy atom. The van der Waals surface area contributed by atoms with Crippen LogP contribution in [0.4, 0.5) is 5.69 Å². The van der Waals surface area contributed by atoms with E-state index in [2.05, 4.69) is 12.2 Å². The van der Waals surface area contributed by atoms with Gasteiger partial charge in [-0.2, -0.15) is 0 Å². The molecule has 2 amide bonds. The predicted molar refractivity (Wildman–Crippen MR) is 102 cm³/mol. The van der Waals surface area contributed by atoms with Gasteiger partial charge >= 0.3 is 0 Å². The van der Waals surface area contributed by atoms with Crippen molar-refractivity contribution < 1.29 is 14.3 Å². The SMILES string of the molecule is CCc1sc(C(=O)N(CC)CC(=O)Nc2ccccc2OC)cc1C. The summed E-state index contributed by atoms with van der Waals surface area (Å²) in [7, 11) is 1.55. The summed E-state index contributed by atoms with van der Waals surface area (Å²) in [5.41, 5.74) is 1.73. The highest BCUT2D eigenvalue weighted by molar-refractivity contribution is 7.14. The zero-order valence-electron chi connectivity index (χ0n) is 15.1. The van der Waals surface area contributed by atoms with Crippen molar-refractivity contribution in [1.29, 1.82) is 0 Å². The molecule has 0 aliphatic rings. The van der Waals surface area contributed by atoms with Gasteiger partial charge in [0.15, 0.2) is 0 Å². The average Bonchev–Trinajstić information content (AvgIpc) is 3.00. The molecule has 0 aliphatic carbocycles. The Bertz CT molecular complexity index is 755. The predicted octanol–water partition coefficient (Wildman–Crippen LogP) is 3.73. The number of carbonyl (C=O) groups is 2. The summed E-state index contributed by atoms with van der Waals surface area (Å²) in [5, 5.41) is 2.81. The Labute approximate surface area is 152 Å². The molecular formula is C19H24N2O3S. The van der Waals surface area contributed by atoms with Gasteiger partial charge in [-0.3, -0.25) is 9.59 Å². The van der Waals surface area contributed by atoms with E-state index in [0.29, 0.717) is 22.9 Å². The van der Waals surface area contributed by atoms with Crippen LogP contribution in [0, 0.1) is 6.92 Å². The Kier molecular flexibility index (Phi) is 6.58. The number of benzene rings is 1. The molecular weight excluding hydrogens is 336 g/mol. The molecule has 6 heteroatoms. The molecule has 0 atom stereocenters. The smallest absolute Gasteiger partial charge is 0.264 e. The molecule has 2 rings (SSSR count). The van der Waals surface area contributed by atoms with Crippen molar-refractivity contribution >= 4 is 28.8 Å². The van der Waals surface area contributed by atoms with Crippen molar-refractivity contribution in [3.8, 4) is 5.75 Å². The number of likely N-dealkylation sites (N-methyl/N-ethyl adjacent to an activating group) is 1. The molecule has 0 bridgehead atoms.